The van der Waals surface area contributed by atoms with E-state index in [1.54, 1.807) is 6.07 Å². The number of aryl methyl sites for hydroxylation is 1. The maximum absolute atomic E-state index is 13.3. The van der Waals surface area contributed by atoms with Crippen LogP contribution in [0.5, 0.6) is 0 Å². The SMILES string of the molecule is O=C1CN(Cc2ccc(C(=O)NCC3CCc4cc(F)ccc43)cc2)CCN1. The summed E-state index contributed by atoms with van der Waals surface area (Å²) in [6, 6.07) is 12.5. The van der Waals surface area contributed by atoms with Gasteiger partial charge in [0.15, 0.2) is 0 Å². The summed E-state index contributed by atoms with van der Waals surface area (Å²) in [6.07, 6.45) is 1.79. The first-order valence-corrected chi connectivity index (χ1v) is 9.73. The van der Waals surface area contributed by atoms with E-state index in [0.29, 0.717) is 31.7 Å². The molecule has 0 radical (unpaired) electrons. The first kappa shape index (κ1) is 18.6. The van der Waals surface area contributed by atoms with Gasteiger partial charge in [-0.15, -0.1) is 0 Å². The molecular formula is C22H24FN3O2. The van der Waals surface area contributed by atoms with Gasteiger partial charge in [-0.05, 0) is 53.8 Å². The molecule has 5 nitrogen and oxygen atoms in total. The molecule has 1 fully saturated rings. The standard InChI is InChI=1S/C22H24FN3O2/c23-19-7-8-20-17(11-19)5-6-18(20)12-25-22(28)16-3-1-15(2-4-16)13-26-10-9-24-21(27)14-26/h1-4,7-8,11,18H,5-6,9-10,12-14H2,(H,24,27)(H,25,28). The monoisotopic (exact) mass is 381 g/mol. The molecule has 28 heavy (non-hydrogen) atoms. The number of fused-ring (bicyclic) bond motifs is 1. The van der Waals surface area contributed by atoms with Crippen molar-refractivity contribution >= 4 is 11.8 Å². The fourth-order valence-corrected chi connectivity index (χ4v) is 4.05. The van der Waals surface area contributed by atoms with Crippen LogP contribution in [0.25, 0.3) is 0 Å². The number of carbonyl (C=O) groups is 2. The van der Waals surface area contributed by atoms with Gasteiger partial charge in [-0.25, -0.2) is 4.39 Å². The summed E-state index contributed by atoms with van der Waals surface area (Å²) in [4.78, 5) is 26.0. The molecule has 1 heterocycles. The van der Waals surface area contributed by atoms with Crippen LogP contribution >= 0.6 is 0 Å². The molecule has 0 bridgehead atoms. The van der Waals surface area contributed by atoms with Gasteiger partial charge in [0.25, 0.3) is 5.91 Å². The topological polar surface area (TPSA) is 61.4 Å². The highest BCUT2D eigenvalue weighted by Gasteiger charge is 2.23. The second-order valence-corrected chi connectivity index (χ2v) is 7.55. The Morgan fingerprint density at radius 3 is 2.82 bits per heavy atom. The third-order valence-electron chi connectivity index (χ3n) is 5.56. The number of rotatable bonds is 5. The zero-order chi connectivity index (χ0) is 19.5. The number of hydrogen-bond donors (Lipinski definition) is 2. The number of halogens is 1. The van der Waals surface area contributed by atoms with Gasteiger partial charge in [0.05, 0.1) is 6.54 Å². The second kappa shape index (κ2) is 8.10. The van der Waals surface area contributed by atoms with E-state index >= 15 is 0 Å². The Morgan fingerprint density at radius 2 is 2.04 bits per heavy atom. The first-order chi connectivity index (χ1) is 13.6. The Bertz CT molecular complexity index is 882. The van der Waals surface area contributed by atoms with Gasteiger partial charge < -0.3 is 10.6 Å². The third-order valence-corrected chi connectivity index (χ3v) is 5.56. The summed E-state index contributed by atoms with van der Waals surface area (Å²) >= 11 is 0. The summed E-state index contributed by atoms with van der Waals surface area (Å²) in [6.45, 7) is 3.18. The van der Waals surface area contributed by atoms with Crippen LogP contribution in [0.2, 0.25) is 0 Å². The highest BCUT2D eigenvalue weighted by atomic mass is 19.1. The lowest BCUT2D eigenvalue weighted by molar-refractivity contribution is -0.124. The van der Waals surface area contributed by atoms with Crippen LogP contribution in [0.4, 0.5) is 4.39 Å². The number of carbonyl (C=O) groups excluding carboxylic acids is 2. The molecule has 0 saturated carbocycles. The minimum Gasteiger partial charge on any atom is -0.354 e. The van der Waals surface area contributed by atoms with Crippen LogP contribution in [0.1, 0.15) is 39.4 Å². The lowest BCUT2D eigenvalue weighted by Gasteiger charge is -2.26. The number of amides is 2. The molecule has 2 amide bonds. The Balaban J connectivity index is 1.31. The second-order valence-electron chi connectivity index (χ2n) is 7.55. The van der Waals surface area contributed by atoms with Crippen molar-refractivity contribution in [3.8, 4) is 0 Å². The molecular weight excluding hydrogens is 357 g/mol. The van der Waals surface area contributed by atoms with Crippen molar-refractivity contribution in [2.24, 2.45) is 0 Å². The molecule has 6 heteroatoms. The number of nitrogens with zero attached hydrogens (tertiary/aromatic N) is 1. The summed E-state index contributed by atoms with van der Waals surface area (Å²) in [7, 11) is 0. The van der Waals surface area contributed by atoms with E-state index in [1.807, 2.05) is 30.3 Å². The van der Waals surface area contributed by atoms with Gasteiger partial charge in [0, 0.05) is 37.7 Å². The predicted octanol–water partition coefficient (Wildman–Crippen LogP) is 2.22. The van der Waals surface area contributed by atoms with Crippen LogP contribution in [0, 0.1) is 5.82 Å². The fraction of sp³-hybridized carbons (Fsp3) is 0.364. The largest absolute Gasteiger partial charge is 0.354 e. The summed E-state index contributed by atoms with van der Waals surface area (Å²) in [5.41, 5.74) is 3.90. The maximum Gasteiger partial charge on any atom is 0.251 e. The normalized spacial score (nSPS) is 19.2. The lowest BCUT2D eigenvalue weighted by atomic mass is 10.0. The molecule has 1 saturated heterocycles. The lowest BCUT2D eigenvalue weighted by Crippen LogP contribution is -2.47. The maximum atomic E-state index is 13.3. The van der Waals surface area contributed by atoms with E-state index in [9.17, 15) is 14.0 Å². The van der Waals surface area contributed by atoms with E-state index in [1.165, 1.54) is 6.07 Å². The zero-order valence-corrected chi connectivity index (χ0v) is 15.7. The van der Waals surface area contributed by atoms with E-state index in [-0.39, 0.29) is 23.5 Å². The van der Waals surface area contributed by atoms with Crippen molar-refractivity contribution in [3.63, 3.8) is 0 Å². The Labute approximate surface area is 163 Å². The molecule has 4 rings (SSSR count). The van der Waals surface area contributed by atoms with Crippen LogP contribution in [-0.2, 0) is 17.8 Å². The molecule has 2 aliphatic rings. The summed E-state index contributed by atoms with van der Waals surface area (Å²) in [5.74, 6) is -0.00397. The summed E-state index contributed by atoms with van der Waals surface area (Å²) in [5, 5.41) is 5.82. The molecule has 146 valence electrons. The number of hydrogen-bond acceptors (Lipinski definition) is 3. The van der Waals surface area contributed by atoms with Crippen molar-refractivity contribution < 1.29 is 14.0 Å². The minimum atomic E-state index is -0.200. The fourth-order valence-electron chi connectivity index (χ4n) is 4.05. The smallest absolute Gasteiger partial charge is 0.251 e. The number of piperazine rings is 1. The molecule has 2 N–H and O–H groups in total. The summed E-state index contributed by atoms with van der Waals surface area (Å²) < 4.78 is 13.3. The van der Waals surface area contributed by atoms with Gasteiger partial charge in [-0.3, -0.25) is 14.5 Å². The van der Waals surface area contributed by atoms with Crippen LogP contribution in [0.15, 0.2) is 42.5 Å². The van der Waals surface area contributed by atoms with Crippen molar-refractivity contribution in [2.45, 2.75) is 25.3 Å². The van der Waals surface area contributed by atoms with Crippen molar-refractivity contribution in [1.29, 1.82) is 0 Å². The molecule has 1 atom stereocenters. The van der Waals surface area contributed by atoms with Crippen molar-refractivity contribution in [2.75, 3.05) is 26.2 Å². The molecule has 2 aromatic carbocycles. The average molecular weight is 381 g/mol. The van der Waals surface area contributed by atoms with Gasteiger partial charge in [-0.1, -0.05) is 18.2 Å². The number of nitrogens with one attached hydrogen (secondary N) is 2. The predicted molar refractivity (Wildman–Crippen MR) is 105 cm³/mol. The van der Waals surface area contributed by atoms with Crippen molar-refractivity contribution in [1.82, 2.24) is 15.5 Å². The molecule has 0 aromatic heterocycles. The third kappa shape index (κ3) is 4.22. The van der Waals surface area contributed by atoms with Gasteiger partial charge in [-0.2, -0.15) is 0 Å². The molecule has 1 aliphatic carbocycles. The highest BCUT2D eigenvalue weighted by molar-refractivity contribution is 5.94. The van der Waals surface area contributed by atoms with Crippen LogP contribution < -0.4 is 10.6 Å². The van der Waals surface area contributed by atoms with Crippen LogP contribution in [-0.4, -0.2) is 42.9 Å². The first-order valence-electron chi connectivity index (χ1n) is 9.73. The minimum absolute atomic E-state index is 0.0541. The molecule has 0 spiro atoms. The van der Waals surface area contributed by atoms with Gasteiger partial charge >= 0.3 is 0 Å². The zero-order valence-electron chi connectivity index (χ0n) is 15.7. The Hall–Kier alpha value is -2.73. The van der Waals surface area contributed by atoms with E-state index in [2.05, 4.69) is 15.5 Å². The van der Waals surface area contributed by atoms with Gasteiger partial charge in [0.2, 0.25) is 5.91 Å². The van der Waals surface area contributed by atoms with Crippen LogP contribution in [0.3, 0.4) is 0 Å². The highest BCUT2D eigenvalue weighted by Crippen LogP contribution is 2.32. The molecule has 2 aromatic rings. The van der Waals surface area contributed by atoms with E-state index < -0.39 is 0 Å². The van der Waals surface area contributed by atoms with E-state index in [0.717, 1.165) is 36.1 Å². The quantitative estimate of drug-likeness (QED) is 0.835. The molecule has 1 aliphatic heterocycles. The van der Waals surface area contributed by atoms with Crippen molar-refractivity contribution in [3.05, 3.63) is 70.5 Å². The molecule has 1 unspecified atom stereocenters. The average Bonchev–Trinajstić information content (AvgIpc) is 3.08. The van der Waals surface area contributed by atoms with E-state index in [4.69, 9.17) is 0 Å². The Morgan fingerprint density at radius 1 is 1.21 bits per heavy atom. The Kier molecular flexibility index (Phi) is 5.39. The van der Waals surface area contributed by atoms with Gasteiger partial charge in [0.1, 0.15) is 5.82 Å². The number of benzene rings is 2.